The number of ketones is 1. The zero-order valence-corrected chi connectivity index (χ0v) is 20.7. The van der Waals surface area contributed by atoms with E-state index in [0.29, 0.717) is 32.3 Å². The fourth-order valence-electron chi connectivity index (χ4n) is 5.09. The molecule has 0 aromatic rings. The summed E-state index contributed by atoms with van der Waals surface area (Å²) in [6, 6.07) is 0. The normalized spacial score (nSPS) is 27.4. The third kappa shape index (κ3) is 8.05. The number of rotatable bonds is 12. The molecule has 190 valence electrons. The molecule has 34 heavy (non-hydrogen) atoms. The Kier molecular flexibility index (Phi) is 9.89. The molecule has 0 radical (unpaired) electrons. The lowest BCUT2D eigenvalue weighted by Gasteiger charge is -2.42. The lowest BCUT2D eigenvalue weighted by Crippen LogP contribution is -2.49. The first kappa shape index (κ1) is 26.6. The summed E-state index contributed by atoms with van der Waals surface area (Å²) in [6.07, 6.45) is 17.3. The number of hydrogen-bond acceptors (Lipinski definition) is 7. The van der Waals surface area contributed by atoms with E-state index in [-0.39, 0.29) is 24.1 Å². The predicted octanol–water partition coefficient (Wildman–Crippen LogP) is 5.11. The Hall–Kier alpha value is -1.99. The first-order chi connectivity index (χ1) is 16.3. The molecule has 2 spiro atoms. The maximum absolute atomic E-state index is 12.5. The van der Waals surface area contributed by atoms with Gasteiger partial charge in [-0.25, -0.2) is 0 Å². The summed E-state index contributed by atoms with van der Waals surface area (Å²) in [7, 11) is 0. The van der Waals surface area contributed by atoms with Gasteiger partial charge < -0.3 is 18.9 Å². The van der Waals surface area contributed by atoms with E-state index < -0.39 is 23.6 Å². The minimum atomic E-state index is -0.962. The Morgan fingerprint density at radius 3 is 2.38 bits per heavy atom. The van der Waals surface area contributed by atoms with Gasteiger partial charge in [-0.15, -0.1) is 0 Å². The first-order valence-corrected chi connectivity index (χ1v) is 13.0. The molecule has 3 rings (SSSR count). The second-order valence-corrected chi connectivity index (χ2v) is 9.85. The largest absolute Gasteiger partial charge is 0.466 e. The van der Waals surface area contributed by atoms with E-state index in [4.69, 9.17) is 18.9 Å². The van der Waals surface area contributed by atoms with Gasteiger partial charge >= 0.3 is 11.9 Å². The fourth-order valence-corrected chi connectivity index (χ4v) is 5.09. The van der Waals surface area contributed by atoms with Crippen LogP contribution in [0.15, 0.2) is 24.3 Å². The number of carbonyl (C=O) groups is 3. The molecule has 3 aliphatic rings. The number of ether oxygens (including phenoxy) is 4. The number of carbonyl (C=O) groups excluding carboxylic acids is 3. The zero-order valence-electron chi connectivity index (χ0n) is 20.7. The van der Waals surface area contributed by atoms with Crippen molar-refractivity contribution in [1.82, 2.24) is 0 Å². The predicted molar refractivity (Wildman–Crippen MR) is 127 cm³/mol. The van der Waals surface area contributed by atoms with Gasteiger partial charge in [0.05, 0.1) is 19.1 Å². The van der Waals surface area contributed by atoms with Crippen LogP contribution in [-0.2, 0) is 33.3 Å². The van der Waals surface area contributed by atoms with Crippen molar-refractivity contribution in [3.63, 3.8) is 0 Å². The summed E-state index contributed by atoms with van der Waals surface area (Å²) in [5.41, 5.74) is -0.701. The Morgan fingerprint density at radius 1 is 1.03 bits per heavy atom. The fraction of sp³-hybridized carbons (Fsp3) is 0.741. The van der Waals surface area contributed by atoms with E-state index in [1.165, 1.54) is 57.6 Å². The lowest BCUT2D eigenvalue weighted by molar-refractivity contribution is -0.292. The number of esters is 2. The molecule has 2 aliphatic heterocycles. The summed E-state index contributed by atoms with van der Waals surface area (Å²) < 4.78 is 23.6. The number of unbranched alkanes of at least 4 members (excludes halogenated alkanes) is 7. The maximum Gasteiger partial charge on any atom is 0.308 e. The molecule has 0 amide bonds. The molecule has 7 heteroatoms. The molecule has 2 heterocycles. The van der Waals surface area contributed by atoms with Gasteiger partial charge in [-0.2, -0.15) is 0 Å². The highest BCUT2D eigenvalue weighted by molar-refractivity contribution is 6.00. The molecule has 0 N–H and O–H groups in total. The Labute approximate surface area is 203 Å². The van der Waals surface area contributed by atoms with Gasteiger partial charge in [-0.05, 0) is 37.1 Å². The topological polar surface area (TPSA) is 88.1 Å². The van der Waals surface area contributed by atoms with E-state index in [0.717, 1.165) is 12.8 Å². The van der Waals surface area contributed by atoms with Crippen molar-refractivity contribution in [2.45, 2.75) is 121 Å². The molecule has 0 aromatic carbocycles. The molecule has 0 saturated carbocycles. The number of hydrogen-bond donors (Lipinski definition) is 0. The Balaban J connectivity index is 1.46. The van der Waals surface area contributed by atoms with Crippen molar-refractivity contribution in [1.29, 1.82) is 0 Å². The van der Waals surface area contributed by atoms with E-state index in [2.05, 4.69) is 6.92 Å². The monoisotopic (exact) mass is 476 g/mol. The standard InChI is InChI=1S/C27H40O7/c1-3-4-5-6-7-8-9-10-17-31-25(30)19-23-18-24(32-21(2)28)20-27(33-23)16-15-26(34-27)13-11-22(29)12-14-26/h11-14,23-24H,3-10,15-20H2,1-2H3/t23-,24-,27-/m1/s1. The van der Waals surface area contributed by atoms with Crippen LogP contribution in [0.2, 0.25) is 0 Å². The minimum absolute atomic E-state index is 0.0744. The summed E-state index contributed by atoms with van der Waals surface area (Å²) >= 11 is 0. The minimum Gasteiger partial charge on any atom is -0.466 e. The quantitative estimate of drug-likeness (QED) is 0.286. The van der Waals surface area contributed by atoms with Crippen LogP contribution in [0.3, 0.4) is 0 Å². The van der Waals surface area contributed by atoms with Gasteiger partial charge in [0.1, 0.15) is 11.7 Å². The Morgan fingerprint density at radius 2 is 1.71 bits per heavy atom. The van der Waals surface area contributed by atoms with Gasteiger partial charge in [0.25, 0.3) is 0 Å². The van der Waals surface area contributed by atoms with Crippen LogP contribution < -0.4 is 0 Å². The SMILES string of the molecule is CCCCCCCCCCOC(=O)C[C@H]1C[C@@H](OC(C)=O)C[C@]2(CCC3(C=CC(=O)C=C3)O2)O1. The lowest BCUT2D eigenvalue weighted by atomic mass is 9.91. The molecular weight excluding hydrogens is 436 g/mol. The smallest absolute Gasteiger partial charge is 0.308 e. The highest BCUT2D eigenvalue weighted by Gasteiger charge is 2.53. The average molecular weight is 477 g/mol. The van der Waals surface area contributed by atoms with E-state index in [1.807, 2.05) is 0 Å². The Bertz CT molecular complexity index is 755. The molecule has 7 nitrogen and oxygen atoms in total. The molecule has 2 saturated heterocycles. The maximum atomic E-state index is 12.5. The van der Waals surface area contributed by atoms with Crippen LogP contribution >= 0.6 is 0 Å². The second kappa shape index (κ2) is 12.6. The summed E-state index contributed by atoms with van der Waals surface area (Å²) in [4.78, 5) is 35.6. The van der Waals surface area contributed by atoms with E-state index in [9.17, 15) is 14.4 Å². The third-order valence-corrected chi connectivity index (χ3v) is 6.77. The van der Waals surface area contributed by atoms with Gasteiger partial charge in [0.2, 0.25) is 0 Å². The second-order valence-electron chi connectivity index (χ2n) is 9.85. The van der Waals surface area contributed by atoms with Gasteiger partial charge in [-0.3, -0.25) is 14.4 Å². The molecule has 1 aliphatic carbocycles. The van der Waals surface area contributed by atoms with Gasteiger partial charge in [-0.1, -0.05) is 51.9 Å². The summed E-state index contributed by atoms with van der Waals surface area (Å²) in [5, 5.41) is 0. The molecule has 0 bridgehead atoms. The van der Waals surface area contributed by atoms with Crippen molar-refractivity contribution in [2.75, 3.05) is 6.61 Å². The van der Waals surface area contributed by atoms with Crippen LogP contribution in [0, 0.1) is 0 Å². The third-order valence-electron chi connectivity index (χ3n) is 6.77. The number of allylic oxidation sites excluding steroid dienone is 2. The van der Waals surface area contributed by atoms with E-state index in [1.54, 1.807) is 12.2 Å². The van der Waals surface area contributed by atoms with Gasteiger partial charge in [0, 0.05) is 26.2 Å². The summed E-state index contributed by atoms with van der Waals surface area (Å²) in [5.74, 6) is -1.71. The van der Waals surface area contributed by atoms with Crippen LogP contribution in [-0.4, -0.2) is 47.9 Å². The van der Waals surface area contributed by atoms with Crippen molar-refractivity contribution < 1.29 is 33.3 Å². The molecule has 0 unspecified atom stereocenters. The van der Waals surface area contributed by atoms with Crippen molar-refractivity contribution in [2.24, 2.45) is 0 Å². The molecule has 0 aromatic heterocycles. The molecular formula is C27H40O7. The van der Waals surface area contributed by atoms with Crippen LogP contribution in [0.4, 0.5) is 0 Å². The van der Waals surface area contributed by atoms with Crippen molar-refractivity contribution in [3.8, 4) is 0 Å². The highest BCUT2D eigenvalue weighted by atomic mass is 16.7. The van der Waals surface area contributed by atoms with Gasteiger partial charge in [0.15, 0.2) is 11.6 Å². The van der Waals surface area contributed by atoms with Crippen LogP contribution in [0.5, 0.6) is 0 Å². The molecule has 2 fully saturated rings. The van der Waals surface area contributed by atoms with Crippen LogP contribution in [0.25, 0.3) is 0 Å². The average Bonchev–Trinajstić information content (AvgIpc) is 3.11. The van der Waals surface area contributed by atoms with E-state index >= 15 is 0 Å². The van der Waals surface area contributed by atoms with Crippen LogP contribution in [0.1, 0.15) is 97.3 Å². The highest BCUT2D eigenvalue weighted by Crippen LogP contribution is 2.48. The first-order valence-electron chi connectivity index (χ1n) is 13.0. The molecule has 3 atom stereocenters. The zero-order chi connectivity index (χ0) is 24.4. The van der Waals surface area contributed by atoms with Crippen molar-refractivity contribution >= 4 is 17.7 Å². The van der Waals surface area contributed by atoms with Crippen molar-refractivity contribution in [3.05, 3.63) is 24.3 Å². The summed E-state index contributed by atoms with van der Waals surface area (Å²) in [6.45, 7) is 4.02.